The van der Waals surface area contributed by atoms with E-state index in [1.165, 1.54) is 0 Å². The van der Waals surface area contributed by atoms with Gasteiger partial charge in [0.2, 0.25) is 0 Å². The molecule has 1 unspecified atom stereocenters. The molecule has 0 N–H and O–H groups in total. The van der Waals surface area contributed by atoms with E-state index in [9.17, 15) is 9.59 Å². The van der Waals surface area contributed by atoms with Crippen LogP contribution < -0.4 is 0 Å². The molecule has 1 aliphatic carbocycles. The van der Waals surface area contributed by atoms with Gasteiger partial charge in [0.15, 0.2) is 5.78 Å². The Kier molecular flexibility index (Phi) is 4.00. The number of benzene rings is 1. The molecule has 18 heavy (non-hydrogen) atoms. The van der Waals surface area contributed by atoms with E-state index in [-0.39, 0.29) is 17.6 Å². The lowest BCUT2D eigenvalue weighted by Crippen LogP contribution is -2.28. The molecule has 0 heterocycles. The second-order valence-corrected chi connectivity index (χ2v) is 6.08. The van der Waals surface area contributed by atoms with Gasteiger partial charge in [-0.25, -0.2) is 0 Å². The molecule has 0 saturated heterocycles. The van der Waals surface area contributed by atoms with Crippen molar-refractivity contribution in [3.8, 4) is 0 Å². The third kappa shape index (κ3) is 2.72. The van der Waals surface area contributed by atoms with Crippen LogP contribution in [0.15, 0.2) is 22.7 Å². The Labute approximate surface area is 116 Å². The number of ketones is 2. The average Bonchev–Trinajstić information content (AvgIpc) is 2.35. The van der Waals surface area contributed by atoms with E-state index in [2.05, 4.69) is 15.9 Å². The zero-order valence-electron chi connectivity index (χ0n) is 10.7. The highest BCUT2D eigenvalue weighted by atomic mass is 79.9. The third-order valence-electron chi connectivity index (χ3n) is 3.76. The van der Waals surface area contributed by atoms with E-state index in [4.69, 9.17) is 0 Å². The number of carbonyl (C=O) groups is 2. The summed E-state index contributed by atoms with van der Waals surface area (Å²) in [4.78, 5) is 24.0. The first kappa shape index (κ1) is 13.5. The number of carbonyl (C=O) groups excluding carboxylic acids is 2. The van der Waals surface area contributed by atoms with E-state index in [0.717, 1.165) is 15.6 Å². The molecule has 0 amide bonds. The fourth-order valence-electron chi connectivity index (χ4n) is 2.56. The minimum atomic E-state index is 0.00528. The Hall–Kier alpha value is -0.960. The van der Waals surface area contributed by atoms with E-state index >= 15 is 0 Å². The zero-order valence-corrected chi connectivity index (χ0v) is 12.3. The van der Waals surface area contributed by atoms with Crippen molar-refractivity contribution in [3.05, 3.63) is 33.8 Å². The van der Waals surface area contributed by atoms with E-state index < -0.39 is 0 Å². The first-order chi connectivity index (χ1) is 8.49. The van der Waals surface area contributed by atoms with Crippen LogP contribution in [0.2, 0.25) is 0 Å². The van der Waals surface area contributed by atoms with Crippen LogP contribution in [0.5, 0.6) is 0 Å². The number of hydrogen-bond donors (Lipinski definition) is 0. The molecule has 1 fully saturated rings. The van der Waals surface area contributed by atoms with Crippen molar-refractivity contribution in [2.45, 2.75) is 33.1 Å². The fraction of sp³-hybridized carbons (Fsp3) is 0.467. The molecule has 1 aliphatic rings. The molecule has 0 aliphatic heterocycles. The van der Waals surface area contributed by atoms with Crippen molar-refractivity contribution < 1.29 is 9.59 Å². The smallest absolute Gasteiger partial charge is 0.166 e. The van der Waals surface area contributed by atoms with Crippen molar-refractivity contribution >= 4 is 27.5 Å². The van der Waals surface area contributed by atoms with Gasteiger partial charge >= 0.3 is 0 Å². The molecular formula is C15H17BrO2. The highest BCUT2D eigenvalue weighted by Gasteiger charge is 2.30. The van der Waals surface area contributed by atoms with Crippen LogP contribution >= 0.6 is 15.9 Å². The molecule has 0 spiro atoms. The second kappa shape index (κ2) is 5.35. The molecule has 0 bridgehead atoms. The van der Waals surface area contributed by atoms with Gasteiger partial charge in [0, 0.05) is 28.3 Å². The van der Waals surface area contributed by atoms with E-state index in [1.54, 1.807) is 0 Å². The van der Waals surface area contributed by atoms with Crippen LogP contribution in [0.3, 0.4) is 0 Å². The summed E-state index contributed by atoms with van der Waals surface area (Å²) >= 11 is 3.40. The van der Waals surface area contributed by atoms with Crippen molar-refractivity contribution in [1.82, 2.24) is 0 Å². The SMILES string of the molecule is Cc1ccc(Br)cc1C(=O)C1CCC(=O)[C@@H](C)C1. The summed E-state index contributed by atoms with van der Waals surface area (Å²) in [5.74, 6) is 0.518. The summed E-state index contributed by atoms with van der Waals surface area (Å²) in [5, 5.41) is 0. The Morgan fingerprint density at radius 3 is 2.78 bits per heavy atom. The molecule has 3 heteroatoms. The third-order valence-corrected chi connectivity index (χ3v) is 4.26. The first-order valence-electron chi connectivity index (χ1n) is 6.32. The largest absolute Gasteiger partial charge is 0.299 e. The number of hydrogen-bond acceptors (Lipinski definition) is 2. The summed E-state index contributed by atoms with van der Waals surface area (Å²) in [6, 6.07) is 5.78. The Morgan fingerprint density at radius 2 is 2.11 bits per heavy atom. The van der Waals surface area contributed by atoms with Gasteiger partial charge in [0.25, 0.3) is 0 Å². The van der Waals surface area contributed by atoms with Gasteiger partial charge in [-0.05, 0) is 37.5 Å². The molecule has 0 aromatic heterocycles. The standard InChI is InChI=1S/C15H17BrO2/c1-9-3-5-12(16)8-13(9)15(18)11-4-6-14(17)10(2)7-11/h3,5,8,10-11H,4,6-7H2,1-2H3/t10-,11?/m0/s1. The van der Waals surface area contributed by atoms with Crippen molar-refractivity contribution in [1.29, 1.82) is 0 Å². The molecule has 0 radical (unpaired) electrons. The maximum absolute atomic E-state index is 12.5. The minimum absolute atomic E-state index is 0.00528. The minimum Gasteiger partial charge on any atom is -0.299 e. The predicted octanol–water partition coefficient (Wildman–Crippen LogP) is 3.95. The van der Waals surface area contributed by atoms with Gasteiger partial charge in [-0.1, -0.05) is 28.9 Å². The van der Waals surface area contributed by atoms with Crippen LogP contribution in [-0.4, -0.2) is 11.6 Å². The van der Waals surface area contributed by atoms with Gasteiger partial charge in [-0.15, -0.1) is 0 Å². The van der Waals surface area contributed by atoms with Crippen LogP contribution in [0, 0.1) is 18.8 Å². The summed E-state index contributed by atoms with van der Waals surface area (Å²) < 4.78 is 0.927. The van der Waals surface area contributed by atoms with Crippen LogP contribution in [0.25, 0.3) is 0 Å². The summed E-state index contributed by atoms with van der Waals surface area (Å²) in [6.07, 6.45) is 1.95. The van der Waals surface area contributed by atoms with Crippen LogP contribution in [0.1, 0.15) is 42.1 Å². The van der Waals surface area contributed by atoms with E-state index in [1.807, 2.05) is 32.0 Å². The normalized spacial score (nSPS) is 24.1. The topological polar surface area (TPSA) is 34.1 Å². The van der Waals surface area contributed by atoms with Crippen LogP contribution in [0.4, 0.5) is 0 Å². The van der Waals surface area contributed by atoms with Crippen molar-refractivity contribution in [2.75, 3.05) is 0 Å². The summed E-state index contributed by atoms with van der Waals surface area (Å²) in [6.45, 7) is 3.88. The van der Waals surface area contributed by atoms with Gasteiger partial charge in [-0.3, -0.25) is 9.59 Å². The Balaban J connectivity index is 2.21. The first-order valence-corrected chi connectivity index (χ1v) is 7.11. The molecule has 1 saturated carbocycles. The van der Waals surface area contributed by atoms with Gasteiger partial charge in [0.05, 0.1) is 0 Å². The number of Topliss-reactive ketones (excluding diaryl/α,β-unsaturated/α-hetero) is 2. The Morgan fingerprint density at radius 1 is 1.39 bits per heavy atom. The monoisotopic (exact) mass is 308 g/mol. The molecule has 1 aromatic carbocycles. The fourth-order valence-corrected chi connectivity index (χ4v) is 2.92. The van der Waals surface area contributed by atoms with Crippen LogP contribution in [-0.2, 0) is 4.79 Å². The number of halogens is 1. The Bertz CT molecular complexity index is 493. The van der Waals surface area contributed by atoms with Gasteiger partial charge in [-0.2, -0.15) is 0 Å². The summed E-state index contributed by atoms with van der Waals surface area (Å²) in [5.41, 5.74) is 1.80. The quantitative estimate of drug-likeness (QED) is 0.775. The molecule has 1 aromatic rings. The molecule has 2 atom stereocenters. The number of aryl methyl sites for hydroxylation is 1. The van der Waals surface area contributed by atoms with Crippen molar-refractivity contribution in [3.63, 3.8) is 0 Å². The highest BCUT2D eigenvalue weighted by molar-refractivity contribution is 9.10. The lowest BCUT2D eigenvalue weighted by molar-refractivity contribution is -0.124. The maximum atomic E-state index is 12.5. The van der Waals surface area contributed by atoms with Gasteiger partial charge < -0.3 is 0 Å². The summed E-state index contributed by atoms with van der Waals surface area (Å²) in [7, 11) is 0. The zero-order chi connectivity index (χ0) is 13.3. The predicted molar refractivity (Wildman–Crippen MR) is 74.7 cm³/mol. The van der Waals surface area contributed by atoms with E-state index in [0.29, 0.717) is 25.0 Å². The average molecular weight is 309 g/mol. The number of rotatable bonds is 2. The molecule has 2 rings (SSSR count). The van der Waals surface area contributed by atoms with Crippen molar-refractivity contribution in [2.24, 2.45) is 11.8 Å². The highest BCUT2D eigenvalue weighted by Crippen LogP contribution is 2.30. The maximum Gasteiger partial charge on any atom is 0.166 e. The molecular weight excluding hydrogens is 292 g/mol. The van der Waals surface area contributed by atoms with Gasteiger partial charge in [0.1, 0.15) is 5.78 Å². The lowest BCUT2D eigenvalue weighted by atomic mass is 9.77. The lowest BCUT2D eigenvalue weighted by Gasteiger charge is -2.25. The molecule has 2 nitrogen and oxygen atoms in total. The second-order valence-electron chi connectivity index (χ2n) is 5.16. The molecule has 96 valence electrons.